The summed E-state index contributed by atoms with van der Waals surface area (Å²) in [6, 6.07) is 11.6. The van der Waals surface area contributed by atoms with Crippen LogP contribution in [-0.2, 0) is 16.6 Å². The van der Waals surface area contributed by atoms with E-state index in [-0.39, 0.29) is 17.3 Å². The van der Waals surface area contributed by atoms with Crippen molar-refractivity contribution in [3.8, 4) is 0 Å². The number of rotatable bonds is 4. The Hall–Kier alpha value is -2.36. The van der Waals surface area contributed by atoms with Crippen LogP contribution in [0.5, 0.6) is 0 Å². The van der Waals surface area contributed by atoms with Crippen molar-refractivity contribution < 1.29 is 14.3 Å². The Morgan fingerprint density at radius 3 is 2.67 bits per heavy atom. The topological polar surface area (TPSA) is 49.3 Å². The quantitative estimate of drug-likeness (QED) is 0.763. The summed E-state index contributed by atoms with van der Waals surface area (Å²) in [5, 5.41) is 13.1. The normalized spacial score (nSPS) is 21.9. The van der Waals surface area contributed by atoms with Gasteiger partial charge < -0.3 is 10.4 Å². The highest BCUT2D eigenvalue weighted by atomic mass is 19.1. The van der Waals surface area contributed by atoms with Gasteiger partial charge in [-0.25, -0.2) is 4.39 Å². The lowest BCUT2D eigenvalue weighted by molar-refractivity contribution is -0.143. The molecule has 4 rings (SSSR count). The van der Waals surface area contributed by atoms with Crippen molar-refractivity contribution in [3.63, 3.8) is 0 Å². The van der Waals surface area contributed by atoms with Gasteiger partial charge in [0.2, 0.25) is 0 Å². The molecule has 3 nitrogen and oxygen atoms in total. The highest BCUT2D eigenvalue weighted by Gasteiger charge is 2.50. The molecule has 27 heavy (non-hydrogen) atoms. The number of fused-ring (bicyclic) bond motifs is 1. The summed E-state index contributed by atoms with van der Waals surface area (Å²) in [5.74, 6) is -0.874. The van der Waals surface area contributed by atoms with Gasteiger partial charge in [0.05, 0.1) is 11.5 Å². The van der Waals surface area contributed by atoms with Gasteiger partial charge >= 0.3 is 5.97 Å². The maximum absolute atomic E-state index is 13.9. The molecule has 0 aromatic heterocycles. The van der Waals surface area contributed by atoms with Crippen LogP contribution in [0.4, 0.5) is 10.1 Å². The second kappa shape index (κ2) is 6.08. The SMILES string of the molecule is Cc1cc(F)cc2c1NC(c1cccc(CC3(C(=O)O)CC3)c1)CC2(C)C. The maximum atomic E-state index is 13.9. The molecule has 1 unspecified atom stereocenters. The van der Waals surface area contributed by atoms with E-state index in [0.29, 0.717) is 6.42 Å². The summed E-state index contributed by atoms with van der Waals surface area (Å²) < 4.78 is 13.9. The van der Waals surface area contributed by atoms with E-state index >= 15 is 0 Å². The number of halogens is 1. The number of benzene rings is 2. The highest BCUT2D eigenvalue weighted by Crippen LogP contribution is 2.49. The minimum absolute atomic E-state index is 0.122. The summed E-state index contributed by atoms with van der Waals surface area (Å²) in [7, 11) is 0. The van der Waals surface area contributed by atoms with Crippen LogP contribution in [0.25, 0.3) is 0 Å². The molecule has 1 aliphatic carbocycles. The van der Waals surface area contributed by atoms with E-state index in [9.17, 15) is 14.3 Å². The molecule has 1 saturated carbocycles. The number of hydrogen-bond acceptors (Lipinski definition) is 2. The number of carbonyl (C=O) groups is 1. The first-order valence-electron chi connectivity index (χ1n) is 9.60. The van der Waals surface area contributed by atoms with Crippen molar-refractivity contribution in [2.75, 3.05) is 5.32 Å². The molecule has 142 valence electrons. The summed E-state index contributed by atoms with van der Waals surface area (Å²) in [4.78, 5) is 11.5. The Labute approximate surface area is 159 Å². The number of anilines is 1. The number of aryl methyl sites for hydroxylation is 1. The smallest absolute Gasteiger partial charge is 0.309 e. The van der Waals surface area contributed by atoms with E-state index in [4.69, 9.17) is 0 Å². The fourth-order valence-corrected chi connectivity index (χ4v) is 4.44. The molecule has 0 saturated heterocycles. The largest absolute Gasteiger partial charge is 0.481 e. The molecule has 0 amide bonds. The van der Waals surface area contributed by atoms with E-state index < -0.39 is 11.4 Å². The fourth-order valence-electron chi connectivity index (χ4n) is 4.44. The molecule has 1 atom stereocenters. The molecular weight excluding hydrogens is 341 g/mol. The molecule has 1 fully saturated rings. The predicted octanol–water partition coefficient (Wildman–Crippen LogP) is 5.38. The zero-order chi connectivity index (χ0) is 19.4. The maximum Gasteiger partial charge on any atom is 0.309 e. The Bertz CT molecular complexity index is 915. The first-order chi connectivity index (χ1) is 12.7. The van der Waals surface area contributed by atoms with Crippen LogP contribution in [-0.4, -0.2) is 11.1 Å². The summed E-state index contributed by atoms with van der Waals surface area (Å²) in [6.45, 7) is 6.26. The van der Waals surface area contributed by atoms with Gasteiger partial charge in [0.25, 0.3) is 0 Å². The molecule has 1 aliphatic heterocycles. The van der Waals surface area contributed by atoms with Crippen LogP contribution in [0, 0.1) is 18.2 Å². The Kier molecular flexibility index (Phi) is 4.06. The van der Waals surface area contributed by atoms with Crippen LogP contribution in [0.15, 0.2) is 36.4 Å². The molecule has 2 N–H and O–H groups in total. The van der Waals surface area contributed by atoms with E-state index in [0.717, 1.165) is 47.2 Å². The van der Waals surface area contributed by atoms with Gasteiger partial charge in [-0.1, -0.05) is 38.1 Å². The minimum atomic E-state index is -0.684. The van der Waals surface area contributed by atoms with E-state index in [2.05, 4.69) is 31.3 Å². The van der Waals surface area contributed by atoms with E-state index in [1.807, 2.05) is 19.1 Å². The van der Waals surface area contributed by atoms with Gasteiger partial charge in [-0.3, -0.25) is 4.79 Å². The average Bonchev–Trinajstić information content (AvgIpc) is 3.36. The molecule has 1 heterocycles. The van der Waals surface area contributed by atoms with Crippen molar-refractivity contribution in [2.45, 2.75) is 57.9 Å². The first kappa shape index (κ1) is 18.0. The molecule has 2 aromatic carbocycles. The first-order valence-corrected chi connectivity index (χ1v) is 9.60. The summed E-state index contributed by atoms with van der Waals surface area (Å²) >= 11 is 0. The highest BCUT2D eigenvalue weighted by molar-refractivity contribution is 5.78. The Morgan fingerprint density at radius 2 is 2.00 bits per heavy atom. The number of carboxylic acids is 1. The zero-order valence-corrected chi connectivity index (χ0v) is 16.1. The van der Waals surface area contributed by atoms with Crippen LogP contribution < -0.4 is 5.32 Å². The third-order valence-electron chi connectivity index (χ3n) is 6.27. The van der Waals surface area contributed by atoms with Gasteiger partial charge in [-0.05, 0) is 72.4 Å². The summed E-state index contributed by atoms with van der Waals surface area (Å²) in [6.07, 6.45) is 2.97. The molecule has 0 bridgehead atoms. The van der Waals surface area contributed by atoms with Crippen LogP contribution in [0.3, 0.4) is 0 Å². The van der Waals surface area contributed by atoms with Crippen LogP contribution in [0.1, 0.15) is 61.4 Å². The van der Waals surface area contributed by atoms with Crippen LogP contribution in [0.2, 0.25) is 0 Å². The number of aliphatic carboxylic acids is 1. The third-order valence-corrected chi connectivity index (χ3v) is 6.27. The molecule has 0 radical (unpaired) electrons. The second-order valence-corrected chi connectivity index (χ2v) is 8.94. The van der Waals surface area contributed by atoms with Crippen molar-refractivity contribution in [3.05, 3.63) is 64.5 Å². The second-order valence-electron chi connectivity index (χ2n) is 8.94. The molecule has 4 heteroatoms. The third kappa shape index (κ3) is 3.22. The lowest BCUT2D eigenvalue weighted by Crippen LogP contribution is -2.32. The van der Waals surface area contributed by atoms with Gasteiger partial charge in [-0.2, -0.15) is 0 Å². The van der Waals surface area contributed by atoms with Crippen LogP contribution >= 0.6 is 0 Å². The van der Waals surface area contributed by atoms with Crippen molar-refractivity contribution >= 4 is 11.7 Å². The number of nitrogens with one attached hydrogen (secondary N) is 1. The predicted molar refractivity (Wildman–Crippen MR) is 105 cm³/mol. The standard InChI is InChI=1S/C23H26FNO2/c1-14-9-17(24)11-18-20(14)25-19(13-22(18,2)3)16-6-4-5-15(10-16)12-23(7-8-23)21(26)27/h4-6,9-11,19,25H,7-8,12-13H2,1-3H3,(H,26,27). The fraction of sp³-hybridized carbons (Fsp3) is 0.435. The number of hydrogen-bond donors (Lipinski definition) is 2. The monoisotopic (exact) mass is 367 g/mol. The van der Waals surface area contributed by atoms with E-state index in [1.54, 1.807) is 12.1 Å². The van der Waals surface area contributed by atoms with Gasteiger partial charge in [-0.15, -0.1) is 0 Å². The molecule has 2 aliphatic rings. The lowest BCUT2D eigenvalue weighted by Gasteiger charge is -2.40. The van der Waals surface area contributed by atoms with Crippen molar-refractivity contribution in [1.29, 1.82) is 0 Å². The Balaban J connectivity index is 1.65. The molecular formula is C23H26FNO2. The van der Waals surface area contributed by atoms with E-state index in [1.165, 1.54) is 0 Å². The lowest BCUT2D eigenvalue weighted by atomic mass is 9.73. The van der Waals surface area contributed by atoms with Crippen molar-refractivity contribution in [2.24, 2.45) is 5.41 Å². The van der Waals surface area contributed by atoms with Gasteiger partial charge in [0.15, 0.2) is 0 Å². The minimum Gasteiger partial charge on any atom is -0.481 e. The number of carboxylic acid groups (broad SMARTS) is 1. The average molecular weight is 367 g/mol. The molecule has 2 aromatic rings. The molecule has 0 spiro atoms. The van der Waals surface area contributed by atoms with Gasteiger partial charge in [0, 0.05) is 5.69 Å². The Morgan fingerprint density at radius 1 is 1.26 bits per heavy atom. The summed E-state index contributed by atoms with van der Waals surface area (Å²) in [5.41, 5.74) is 4.50. The van der Waals surface area contributed by atoms with Crippen molar-refractivity contribution in [1.82, 2.24) is 0 Å². The van der Waals surface area contributed by atoms with Gasteiger partial charge in [0.1, 0.15) is 5.82 Å². The zero-order valence-electron chi connectivity index (χ0n) is 16.1.